The van der Waals surface area contributed by atoms with Crippen molar-refractivity contribution in [3.63, 3.8) is 0 Å². The lowest BCUT2D eigenvalue weighted by molar-refractivity contribution is -0.139. The van der Waals surface area contributed by atoms with Crippen molar-refractivity contribution in [2.75, 3.05) is 21.2 Å². The monoisotopic (exact) mass is 280 g/mol. The zero-order chi connectivity index (χ0) is 15.1. The van der Waals surface area contributed by atoms with Crippen LogP contribution < -0.4 is 15.4 Å². The largest absolute Gasteiger partial charge is 0.496 e. The number of carboxylic acid groups (broad SMARTS) is 1. The second kappa shape index (κ2) is 7.49. The first-order chi connectivity index (χ1) is 9.53. The van der Waals surface area contributed by atoms with Crippen LogP contribution in [-0.4, -0.2) is 44.2 Å². The molecular formula is C14H20N2O4. The van der Waals surface area contributed by atoms with E-state index in [1.54, 1.807) is 26.2 Å². The highest BCUT2D eigenvalue weighted by atomic mass is 16.5. The number of ether oxygens (including phenoxy) is 1. The highest BCUT2D eigenvalue weighted by Gasteiger charge is 2.16. The molecule has 1 rings (SSSR count). The Balaban J connectivity index is 2.86. The number of carbonyl (C=O) groups is 2. The first-order valence-electron chi connectivity index (χ1n) is 6.32. The number of aryl methyl sites for hydroxylation is 1. The molecule has 0 aliphatic heterocycles. The lowest BCUT2D eigenvalue weighted by atomic mass is 10.0. The van der Waals surface area contributed by atoms with Gasteiger partial charge in [-0.05, 0) is 37.6 Å². The van der Waals surface area contributed by atoms with E-state index < -0.39 is 12.0 Å². The van der Waals surface area contributed by atoms with E-state index in [0.717, 1.165) is 5.56 Å². The lowest BCUT2D eigenvalue weighted by Gasteiger charge is -2.12. The summed E-state index contributed by atoms with van der Waals surface area (Å²) < 4.78 is 5.14. The van der Waals surface area contributed by atoms with Gasteiger partial charge in [0, 0.05) is 7.05 Å². The van der Waals surface area contributed by atoms with Gasteiger partial charge in [0.15, 0.2) is 0 Å². The van der Waals surface area contributed by atoms with Gasteiger partial charge in [-0.25, -0.2) is 0 Å². The average molecular weight is 280 g/mol. The third kappa shape index (κ3) is 3.96. The van der Waals surface area contributed by atoms with Crippen LogP contribution in [0, 0.1) is 0 Å². The van der Waals surface area contributed by atoms with E-state index in [1.165, 1.54) is 7.11 Å². The number of methoxy groups -OCH3 is 1. The number of nitrogens with one attached hydrogen (secondary N) is 2. The molecule has 6 nitrogen and oxygen atoms in total. The predicted octanol–water partition coefficient (Wildman–Crippen LogP) is 0.660. The minimum absolute atomic E-state index is 0.230. The van der Waals surface area contributed by atoms with E-state index in [9.17, 15) is 9.59 Å². The van der Waals surface area contributed by atoms with Gasteiger partial charge in [-0.2, -0.15) is 0 Å². The number of likely N-dealkylation sites (N-methyl/N-ethyl adjacent to an activating group) is 1. The maximum absolute atomic E-state index is 11.8. The number of amides is 1. The number of aliphatic carboxylic acids is 1. The van der Waals surface area contributed by atoms with Crippen LogP contribution in [0.2, 0.25) is 0 Å². The summed E-state index contributed by atoms with van der Waals surface area (Å²) in [6.45, 7) is 0. The van der Waals surface area contributed by atoms with Crippen LogP contribution in [0.5, 0.6) is 5.75 Å². The molecule has 0 saturated carbocycles. The van der Waals surface area contributed by atoms with Crippen LogP contribution in [0.15, 0.2) is 18.2 Å². The fourth-order valence-corrected chi connectivity index (χ4v) is 1.93. The van der Waals surface area contributed by atoms with Gasteiger partial charge in [-0.15, -0.1) is 0 Å². The molecule has 1 atom stereocenters. The highest BCUT2D eigenvalue weighted by molar-refractivity contribution is 5.96. The Bertz CT molecular complexity index is 488. The summed E-state index contributed by atoms with van der Waals surface area (Å²) in [7, 11) is 4.67. The Hall–Kier alpha value is -2.08. The molecule has 1 aromatic rings. The molecule has 0 aliphatic rings. The van der Waals surface area contributed by atoms with Gasteiger partial charge in [0.05, 0.1) is 12.7 Å². The molecule has 110 valence electrons. The van der Waals surface area contributed by atoms with Crippen molar-refractivity contribution in [3.05, 3.63) is 29.3 Å². The van der Waals surface area contributed by atoms with Crippen LogP contribution in [0.4, 0.5) is 0 Å². The predicted molar refractivity (Wildman–Crippen MR) is 75.2 cm³/mol. The molecule has 0 aliphatic carbocycles. The molecule has 3 N–H and O–H groups in total. The van der Waals surface area contributed by atoms with Crippen LogP contribution in [-0.2, 0) is 11.2 Å². The number of rotatable bonds is 7. The number of benzene rings is 1. The molecule has 0 radical (unpaired) electrons. The zero-order valence-corrected chi connectivity index (χ0v) is 11.9. The molecular weight excluding hydrogens is 260 g/mol. The van der Waals surface area contributed by atoms with Crippen LogP contribution in [0.1, 0.15) is 22.3 Å². The lowest BCUT2D eigenvalue weighted by Crippen LogP contribution is -2.34. The molecule has 1 aromatic carbocycles. The summed E-state index contributed by atoms with van der Waals surface area (Å²) in [6.07, 6.45) is 1.01. The van der Waals surface area contributed by atoms with Crippen LogP contribution in [0.25, 0.3) is 0 Å². The van der Waals surface area contributed by atoms with E-state index in [0.29, 0.717) is 24.2 Å². The Morgan fingerprint density at radius 3 is 2.55 bits per heavy atom. The molecule has 20 heavy (non-hydrogen) atoms. The summed E-state index contributed by atoms with van der Waals surface area (Å²) in [5.74, 6) is -0.615. The van der Waals surface area contributed by atoms with Crippen molar-refractivity contribution in [2.45, 2.75) is 18.9 Å². The maximum Gasteiger partial charge on any atom is 0.320 e. The fourth-order valence-electron chi connectivity index (χ4n) is 1.93. The SMILES string of the molecule is CNC(=O)c1cc(CCC(NC)C(=O)O)ccc1OC. The molecule has 0 saturated heterocycles. The summed E-state index contributed by atoms with van der Waals surface area (Å²) in [6, 6.07) is 4.68. The number of hydrogen-bond acceptors (Lipinski definition) is 4. The van der Waals surface area contributed by atoms with Gasteiger partial charge in [-0.1, -0.05) is 6.07 Å². The Labute approximate surface area is 118 Å². The van der Waals surface area contributed by atoms with Gasteiger partial charge in [0.25, 0.3) is 5.91 Å². The van der Waals surface area contributed by atoms with E-state index in [2.05, 4.69) is 10.6 Å². The van der Waals surface area contributed by atoms with Crippen molar-refractivity contribution in [3.8, 4) is 5.75 Å². The van der Waals surface area contributed by atoms with Crippen molar-refractivity contribution in [1.82, 2.24) is 10.6 Å². The number of carbonyl (C=O) groups excluding carboxylic acids is 1. The summed E-state index contributed by atoms with van der Waals surface area (Å²) in [5, 5.41) is 14.3. The van der Waals surface area contributed by atoms with Crippen LogP contribution in [0.3, 0.4) is 0 Å². The highest BCUT2D eigenvalue weighted by Crippen LogP contribution is 2.20. The molecule has 1 unspecified atom stereocenters. The topological polar surface area (TPSA) is 87.7 Å². The normalized spacial score (nSPS) is 11.8. The van der Waals surface area contributed by atoms with Crippen molar-refractivity contribution >= 4 is 11.9 Å². The molecule has 0 fully saturated rings. The quantitative estimate of drug-likeness (QED) is 0.683. The molecule has 6 heteroatoms. The standard InChI is InChI=1S/C14H20N2O4/c1-15-11(14(18)19)6-4-9-5-7-12(20-3)10(8-9)13(17)16-2/h5,7-8,11,15H,4,6H2,1-3H3,(H,16,17)(H,18,19). The van der Waals surface area contributed by atoms with Crippen molar-refractivity contribution in [1.29, 1.82) is 0 Å². The zero-order valence-electron chi connectivity index (χ0n) is 11.9. The molecule has 0 spiro atoms. The smallest absolute Gasteiger partial charge is 0.320 e. The molecule has 0 heterocycles. The average Bonchev–Trinajstić information content (AvgIpc) is 2.46. The molecule has 1 amide bonds. The van der Waals surface area contributed by atoms with E-state index in [4.69, 9.17) is 9.84 Å². The first kappa shape index (κ1) is 16.0. The van der Waals surface area contributed by atoms with Gasteiger partial charge in [0.2, 0.25) is 0 Å². The second-order valence-electron chi connectivity index (χ2n) is 4.33. The third-order valence-electron chi connectivity index (χ3n) is 3.10. The fraction of sp³-hybridized carbons (Fsp3) is 0.429. The van der Waals surface area contributed by atoms with Crippen molar-refractivity contribution < 1.29 is 19.4 Å². The Morgan fingerprint density at radius 1 is 1.35 bits per heavy atom. The maximum atomic E-state index is 11.8. The van der Waals surface area contributed by atoms with Gasteiger partial charge in [0.1, 0.15) is 11.8 Å². The molecule has 0 bridgehead atoms. The minimum atomic E-state index is -0.882. The second-order valence-corrected chi connectivity index (χ2v) is 4.33. The van der Waals surface area contributed by atoms with Gasteiger partial charge in [-0.3, -0.25) is 9.59 Å². The Kier molecular flexibility index (Phi) is 5.99. The van der Waals surface area contributed by atoms with E-state index in [1.807, 2.05) is 6.07 Å². The number of hydrogen-bond donors (Lipinski definition) is 3. The summed E-state index contributed by atoms with van der Waals surface area (Å²) >= 11 is 0. The summed E-state index contributed by atoms with van der Waals surface area (Å²) in [4.78, 5) is 22.7. The van der Waals surface area contributed by atoms with E-state index in [-0.39, 0.29) is 5.91 Å². The van der Waals surface area contributed by atoms with E-state index >= 15 is 0 Å². The number of carboxylic acids is 1. The Morgan fingerprint density at radius 2 is 2.05 bits per heavy atom. The third-order valence-corrected chi connectivity index (χ3v) is 3.10. The van der Waals surface area contributed by atoms with Gasteiger partial charge < -0.3 is 20.5 Å². The summed E-state index contributed by atoms with van der Waals surface area (Å²) in [5.41, 5.74) is 1.34. The van der Waals surface area contributed by atoms with Crippen LogP contribution >= 0.6 is 0 Å². The first-order valence-corrected chi connectivity index (χ1v) is 6.32. The molecule has 0 aromatic heterocycles. The van der Waals surface area contributed by atoms with Crippen molar-refractivity contribution in [2.24, 2.45) is 0 Å². The van der Waals surface area contributed by atoms with Gasteiger partial charge >= 0.3 is 5.97 Å². The minimum Gasteiger partial charge on any atom is -0.496 e.